The molecule has 4 nitrogen and oxygen atoms in total. The fourth-order valence-electron chi connectivity index (χ4n) is 2.11. The van der Waals surface area contributed by atoms with Crippen LogP contribution in [0.25, 0.3) is 0 Å². The molecule has 6 heteroatoms. The van der Waals surface area contributed by atoms with E-state index in [2.05, 4.69) is 0 Å². The molecule has 0 aromatic heterocycles. The Morgan fingerprint density at radius 2 is 1.83 bits per heavy atom. The number of ether oxygens (including phenoxy) is 2. The van der Waals surface area contributed by atoms with Gasteiger partial charge in [0, 0.05) is 12.1 Å². The van der Waals surface area contributed by atoms with Crippen molar-refractivity contribution in [3.05, 3.63) is 52.5 Å². The van der Waals surface area contributed by atoms with Crippen LogP contribution in [0.1, 0.15) is 6.92 Å². The third kappa shape index (κ3) is 4.09. The Bertz CT molecular complexity index is 706. The first kappa shape index (κ1) is 17.4. The fourth-order valence-corrected chi connectivity index (χ4v) is 2.56. The van der Waals surface area contributed by atoms with Crippen LogP contribution < -0.4 is 14.4 Å². The van der Waals surface area contributed by atoms with Crippen LogP contribution in [0.5, 0.6) is 11.5 Å². The van der Waals surface area contributed by atoms with Crippen molar-refractivity contribution in [2.75, 3.05) is 19.1 Å². The minimum atomic E-state index is -0.719. The molecule has 2 aromatic rings. The third-order valence-corrected chi connectivity index (χ3v) is 3.85. The molecule has 2 aromatic carbocycles. The van der Waals surface area contributed by atoms with Crippen LogP contribution >= 0.6 is 23.2 Å². The number of amides is 1. The molecule has 0 spiro atoms. The Balaban J connectivity index is 2.15. The normalized spacial score (nSPS) is 11.7. The number of methoxy groups -OCH3 is 1. The summed E-state index contributed by atoms with van der Waals surface area (Å²) in [7, 11) is 3.23. The molecule has 0 heterocycles. The van der Waals surface area contributed by atoms with E-state index in [4.69, 9.17) is 32.7 Å². The largest absolute Gasteiger partial charge is 0.495 e. The number of nitrogens with zero attached hydrogens (tertiary/aromatic N) is 1. The summed E-state index contributed by atoms with van der Waals surface area (Å²) in [4.78, 5) is 14.1. The Morgan fingerprint density at radius 1 is 1.13 bits per heavy atom. The topological polar surface area (TPSA) is 38.8 Å². The van der Waals surface area contributed by atoms with Gasteiger partial charge in [-0.05, 0) is 37.3 Å². The maximum Gasteiger partial charge on any atom is 0.267 e. The van der Waals surface area contributed by atoms with E-state index in [1.165, 1.54) is 4.90 Å². The van der Waals surface area contributed by atoms with E-state index in [0.29, 0.717) is 27.2 Å². The van der Waals surface area contributed by atoms with Gasteiger partial charge < -0.3 is 14.4 Å². The summed E-state index contributed by atoms with van der Waals surface area (Å²) in [6, 6.07) is 12.1. The average molecular weight is 354 g/mol. The van der Waals surface area contributed by atoms with Gasteiger partial charge in [-0.3, -0.25) is 4.79 Å². The van der Waals surface area contributed by atoms with Crippen LogP contribution in [-0.2, 0) is 4.79 Å². The van der Waals surface area contributed by atoms with E-state index in [1.54, 1.807) is 51.4 Å². The summed E-state index contributed by atoms with van der Waals surface area (Å²) in [5.74, 6) is 0.797. The molecule has 0 radical (unpaired) electrons. The predicted octanol–water partition coefficient (Wildman–Crippen LogP) is 4.43. The van der Waals surface area contributed by atoms with Crippen LogP contribution in [0.15, 0.2) is 42.5 Å². The number of hydrogen-bond acceptors (Lipinski definition) is 3. The highest BCUT2D eigenvalue weighted by Crippen LogP contribution is 2.30. The summed E-state index contributed by atoms with van der Waals surface area (Å²) in [6.07, 6.45) is -0.719. The molecule has 0 saturated heterocycles. The molecule has 0 aliphatic carbocycles. The molecule has 1 amide bonds. The molecule has 1 atom stereocenters. The smallest absolute Gasteiger partial charge is 0.267 e. The lowest BCUT2D eigenvalue weighted by molar-refractivity contribution is -0.124. The monoisotopic (exact) mass is 353 g/mol. The molecule has 1 unspecified atom stereocenters. The van der Waals surface area contributed by atoms with Crippen LogP contribution in [0.3, 0.4) is 0 Å². The number of benzene rings is 2. The lowest BCUT2D eigenvalue weighted by Gasteiger charge is -2.24. The molecule has 0 aliphatic rings. The Labute approximate surface area is 145 Å². The molecule has 0 aliphatic heterocycles. The van der Waals surface area contributed by atoms with Gasteiger partial charge in [0.2, 0.25) is 0 Å². The number of hydrogen-bond donors (Lipinski definition) is 0. The third-order valence-electron chi connectivity index (χ3n) is 3.32. The Morgan fingerprint density at radius 3 is 2.48 bits per heavy atom. The highest BCUT2D eigenvalue weighted by atomic mass is 35.5. The molecule has 2 rings (SSSR count). The Kier molecular flexibility index (Phi) is 5.74. The molecular formula is C17H17Cl2NO3. The second-order valence-corrected chi connectivity index (χ2v) is 5.75. The standard InChI is InChI=1S/C17H17Cl2NO3/c1-11(23-15-9-8-12(18)10-13(15)19)17(21)20(2)14-6-4-5-7-16(14)22-3/h4-11H,1-3H3. The zero-order chi connectivity index (χ0) is 17.0. The quantitative estimate of drug-likeness (QED) is 0.797. The lowest BCUT2D eigenvalue weighted by Crippen LogP contribution is -2.38. The second-order valence-electron chi connectivity index (χ2n) is 4.90. The van der Waals surface area contributed by atoms with Crippen LogP contribution in [-0.4, -0.2) is 26.2 Å². The van der Waals surface area contributed by atoms with E-state index in [0.717, 1.165) is 0 Å². The minimum Gasteiger partial charge on any atom is -0.495 e. The van der Waals surface area contributed by atoms with Gasteiger partial charge in [-0.15, -0.1) is 0 Å². The molecule has 0 bridgehead atoms. The summed E-state index contributed by atoms with van der Waals surface area (Å²) < 4.78 is 10.9. The van der Waals surface area contributed by atoms with E-state index >= 15 is 0 Å². The van der Waals surface area contributed by atoms with Crippen LogP contribution in [0.4, 0.5) is 5.69 Å². The number of rotatable bonds is 5. The van der Waals surface area contributed by atoms with Gasteiger partial charge in [-0.25, -0.2) is 0 Å². The van der Waals surface area contributed by atoms with Crippen LogP contribution in [0.2, 0.25) is 10.0 Å². The van der Waals surface area contributed by atoms with Crippen molar-refractivity contribution in [3.63, 3.8) is 0 Å². The van der Waals surface area contributed by atoms with E-state index in [9.17, 15) is 4.79 Å². The van der Waals surface area contributed by atoms with Crippen molar-refractivity contribution >= 4 is 34.8 Å². The van der Waals surface area contributed by atoms with Gasteiger partial charge in [0.15, 0.2) is 6.10 Å². The molecule has 23 heavy (non-hydrogen) atoms. The maximum atomic E-state index is 12.6. The minimum absolute atomic E-state index is 0.222. The van der Waals surface area contributed by atoms with Crippen molar-refractivity contribution in [3.8, 4) is 11.5 Å². The number of carbonyl (C=O) groups excluding carboxylic acids is 1. The molecule has 122 valence electrons. The molecule has 0 N–H and O–H groups in total. The predicted molar refractivity (Wildman–Crippen MR) is 93.0 cm³/mol. The SMILES string of the molecule is COc1ccccc1N(C)C(=O)C(C)Oc1ccc(Cl)cc1Cl. The number of halogens is 2. The van der Waals surface area contributed by atoms with Crippen molar-refractivity contribution in [2.24, 2.45) is 0 Å². The van der Waals surface area contributed by atoms with Gasteiger partial charge >= 0.3 is 0 Å². The van der Waals surface area contributed by atoms with Gasteiger partial charge in [-0.1, -0.05) is 35.3 Å². The number of anilines is 1. The lowest BCUT2D eigenvalue weighted by atomic mass is 10.2. The summed E-state index contributed by atoms with van der Waals surface area (Å²) in [5, 5.41) is 0.865. The first-order valence-corrected chi connectivity index (χ1v) is 7.72. The van der Waals surface area contributed by atoms with Gasteiger partial charge in [0.05, 0.1) is 17.8 Å². The van der Waals surface area contributed by atoms with Gasteiger partial charge in [-0.2, -0.15) is 0 Å². The van der Waals surface area contributed by atoms with Crippen molar-refractivity contribution in [2.45, 2.75) is 13.0 Å². The summed E-state index contributed by atoms with van der Waals surface area (Å²) in [6.45, 7) is 1.67. The number of carbonyl (C=O) groups is 1. The van der Waals surface area contributed by atoms with E-state index < -0.39 is 6.10 Å². The summed E-state index contributed by atoms with van der Waals surface area (Å²) >= 11 is 11.9. The molecule has 0 fully saturated rings. The van der Waals surface area contributed by atoms with Gasteiger partial charge in [0.1, 0.15) is 11.5 Å². The van der Waals surface area contributed by atoms with E-state index in [1.807, 2.05) is 12.1 Å². The highest BCUT2D eigenvalue weighted by Gasteiger charge is 2.23. The average Bonchev–Trinajstić information content (AvgIpc) is 2.55. The maximum absolute atomic E-state index is 12.6. The van der Waals surface area contributed by atoms with E-state index in [-0.39, 0.29) is 5.91 Å². The first-order valence-electron chi connectivity index (χ1n) is 6.96. The van der Waals surface area contributed by atoms with Gasteiger partial charge in [0.25, 0.3) is 5.91 Å². The number of para-hydroxylation sites is 2. The highest BCUT2D eigenvalue weighted by molar-refractivity contribution is 6.35. The molecular weight excluding hydrogens is 337 g/mol. The Hall–Kier alpha value is -1.91. The summed E-state index contributed by atoms with van der Waals surface area (Å²) in [5.41, 5.74) is 0.664. The van der Waals surface area contributed by atoms with Crippen molar-refractivity contribution < 1.29 is 14.3 Å². The second kappa shape index (κ2) is 7.57. The zero-order valence-electron chi connectivity index (χ0n) is 13.0. The first-order chi connectivity index (χ1) is 10.9. The molecule has 0 saturated carbocycles. The fraction of sp³-hybridized carbons (Fsp3) is 0.235. The van der Waals surface area contributed by atoms with Crippen molar-refractivity contribution in [1.82, 2.24) is 0 Å². The number of likely N-dealkylation sites (N-methyl/N-ethyl adjacent to an activating group) is 1. The van der Waals surface area contributed by atoms with Crippen molar-refractivity contribution in [1.29, 1.82) is 0 Å². The zero-order valence-corrected chi connectivity index (χ0v) is 14.6. The van der Waals surface area contributed by atoms with Crippen LogP contribution in [0, 0.1) is 0 Å².